The molecule has 0 fully saturated rings. The molecular weight excluding hydrogens is 256 g/mol. The Bertz CT molecular complexity index is 572. The largest absolute Gasteiger partial charge is 0.394 e. The van der Waals surface area contributed by atoms with E-state index >= 15 is 0 Å². The molecule has 2 aromatic rings. The van der Waals surface area contributed by atoms with Gasteiger partial charge in [-0.3, -0.25) is 10.1 Å². The number of benzene rings is 2. The molecule has 2 rings (SSSR count). The van der Waals surface area contributed by atoms with Crippen LogP contribution in [0.25, 0.3) is 0 Å². The van der Waals surface area contributed by atoms with Crippen molar-refractivity contribution in [2.75, 3.05) is 6.61 Å². The molecule has 5 heteroatoms. The van der Waals surface area contributed by atoms with E-state index in [1.165, 1.54) is 6.07 Å². The van der Waals surface area contributed by atoms with Crippen LogP contribution in [0.2, 0.25) is 0 Å². The summed E-state index contributed by atoms with van der Waals surface area (Å²) in [5.41, 5.74) is 1.64. The Hall–Kier alpha value is -2.24. The fourth-order valence-corrected chi connectivity index (χ4v) is 2.04. The van der Waals surface area contributed by atoms with Crippen molar-refractivity contribution >= 4 is 5.69 Å². The number of para-hydroxylation sites is 1. The lowest BCUT2D eigenvalue weighted by Crippen LogP contribution is -2.24. The lowest BCUT2D eigenvalue weighted by Gasteiger charge is -2.16. The van der Waals surface area contributed by atoms with Gasteiger partial charge in [0.25, 0.3) is 5.69 Å². The lowest BCUT2D eigenvalue weighted by molar-refractivity contribution is -0.385. The van der Waals surface area contributed by atoms with Crippen molar-refractivity contribution in [2.45, 2.75) is 12.6 Å². The van der Waals surface area contributed by atoms with Crippen molar-refractivity contribution < 1.29 is 10.0 Å². The number of aliphatic hydroxyl groups is 1. The first-order valence-electron chi connectivity index (χ1n) is 6.34. The van der Waals surface area contributed by atoms with E-state index < -0.39 is 4.92 Å². The maximum atomic E-state index is 10.9. The standard InChI is InChI=1S/C15H16N2O3/c18-11-14(12-6-2-1-3-7-12)16-10-13-8-4-5-9-15(13)17(19)20/h1-9,14,16,18H,10-11H2/t14-/m1/s1. The molecule has 0 aliphatic rings. The highest BCUT2D eigenvalue weighted by molar-refractivity contribution is 5.39. The minimum Gasteiger partial charge on any atom is -0.394 e. The van der Waals surface area contributed by atoms with Gasteiger partial charge in [0.15, 0.2) is 0 Å². The molecule has 5 nitrogen and oxygen atoms in total. The first kappa shape index (κ1) is 14.2. The van der Waals surface area contributed by atoms with Crippen molar-refractivity contribution in [1.82, 2.24) is 5.32 Å². The molecule has 0 unspecified atom stereocenters. The van der Waals surface area contributed by atoms with Crippen LogP contribution in [-0.4, -0.2) is 16.6 Å². The fourth-order valence-electron chi connectivity index (χ4n) is 2.04. The molecule has 0 aliphatic carbocycles. The molecule has 0 heterocycles. The molecule has 2 aromatic carbocycles. The zero-order valence-electron chi connectivity index (χ0n) is 10.9. The van der Waals surface area contributed by atoms with E-state index in [-0.39, 0.29) is 18.3 Å². The first-order valence-corrected chi connectivity index (χ1v) is 6.34. The third kappa shape index (κ3) is 3.40. The van der Waals surface area contributed by atoms with Gasteiger partial charge in [0, 0.05) is 18.2 Å². The second-order valence-corrected chi connectivity index (χ2v) is 4.41. The van der Waals surface area contributed by atoms with Gasteiger partial charge in [-0.25, -0.2) is 0 Å². The predicted molar refractivity (Wildman–Crippen MR) is 76.2 cm³/mol. The van der Waals surface area contributed by atoms with Crippen molar-refractivity contribution in [3.63, 3.8) is 0 Å². The van der Waals surface area contributed by atoms with Crippen molar-refractivity contribution in [3.05, 3.63) is 75.8 Å². The quantitative estimate of drug-likeness (QED) is 0.625. The van der Waals surface area contributed by atoms with Crippen molar-refractivity contribution in [3.8, 4) is 0 Å². The summed E-state index contributed by atoms with van der Waals surface area (Å²) < 4.78 is 0. The highest BCUT2D eigenvalue weighted by Crippen LogP contribution is 2.19. The number of nitrogens with zero attached hydrogens (tertiary/aromatic N) is 1. The summed E-state index contributed by atoms with van der Waals surface area (Å²) in [6.45, 7) is 0.266. The number of aliphatic hydroxyl groups excluding tert-OH is 1. The van der Waals surface area contributed by atoms with Crippen LogP contribution in [0.3, 0.4) is 0 Å². The Balaban J connectivity index is 2.10. The summed E-state index contributed by atoms with van der Waals surface area (Å²) in [6, 6.07) is 15.9. The van der Waals surface area contributed by atoms with Crippen molar-refractivity contribution in [1.29, 1.82) is 0 Å². The van der Waals surface area contributed by atoms with Crippen LogP contribution < -0.4 is 5.32 Å². The molecule has 104 valence electrons. The number of hydrogen-bond donors (Lipinski definition) is 2. The second-order valence-electron chi connectivity index (χ2n) is 4.41. The number of hydrogen-bond acceptors (Lipinski definition) is 4. The molecule has 0 saturated carbocycles. The Morgan fingerprint density at radius 3 is 2.40 bits per heavy atom. The van der Waals surface area contributed by atoms with E-state index in [1.807, 2.05) is 30.3 Å². The number of rotatable bonds is 6. The summed E-state index contributed by atoms with van der Waals surface area (Å²) in [5.74, 6) is 0. The van der Waals surface area contributed by atoms with Gasteiger partial charge in [-0.1, -0.05) is 48.5 Å². The average molecular weight is 272 g/mol. The van der Waals surface area contributed by atoms with Gasteiger partial charge in [-0.2, -0.15) is 0 Å². The molecule has 1 atom stereocenters. The van der Waals surface area contributed by atoms with Gasteiger partial charge >= 0.3 is 0 Å². The van der Waals surface area contributed by atoms with Gasteiger partial charge in [0.1, 0.15) is 0 Å². The van der Waals surface area contributed by atoms with E-state index in [9.17, 15) is 15.2 Å². The van der Waals surface area contributed by atoms with Crippen LogP contribution in [0.15, 0.2) is 54.6 Å². The first-order chi connectivity index (χ1) is 9.72. The maximum Gasteiger partial charge on any atom is 0.273 e. The minimum atomic E-state index is -0.395. The number of nitro groups is 1. The molecule has 0 aliphatic heterocycles. The van der Waals surface area contributed by atoms with Gasteiger partial charge in [0.2, 0.25) is 0 Å². The van der Waals surface area contributed by atoms with Crippen LogP contribution in [0.5, 0.6) is 0 Å². The van der Waals surface area contributed by atoms with Crippen molar-refractivity contribution in [2.24, 2.45) is 0 Å². The Morgan fingerprint density at radius 2 is 1.75 bits per heavy atom. The van der Waals surface area contributed by atoms with Crippen LogP contribution >= 0.6 is 0 Å². The van der Waals surface area contributed by atoms with Crippen LogP contribution in [0.4, 0.5) is 5.69 Å². The Kier molecular flexibility index (Phi) is 4.81. The molecule has 0 radical (unpaired) electrons. The summed E-state index contributed by atoms with van der Waals surface area (Å²) in [5, 5.41) is 23.5. The monoisotopic (exact) mass is 272 g/mol. The van der Waals surface area contributed by atoms with Crippen LogP contribution in [-0.2, 0) is 6.54 Å². The van der Waals surface area contributed by atoms with Gasteiger partial charge in [-0.15, -0.1) is 0 Å². The molecule has 0 amide bonds. The van der Waals surface area contributed by atoms with E-state index in [1.54, 1.807) is 18.2 Å². The maximum absolute atomic E-state index is 10.9. The fraction of sp³-hybridized carbons (Fsp3) is 0.200. The lowest BCUT2D eigenvalue weighted by atomic mass is 10.1. The summed E-state index contributed by atoms with van der Waals surface area (Å²) in [6.07, 6.45) is 0. The number of nitro benzene ring substituents is 1. The third-order valence-electron chi connectivity index (χ3n) is 3.11. The number of nitrogens with one attached hydrogen (secondary N) is 1. The molecule has 20 heavy (non-hydrogen) atoms. The molecular formula is C15H16N2O3. The zero-order valence-corrected chi connectivity index (χ0v) is 10.9. The summed E-state index contributed by atoms with van der Waals surface area (Å²) >= 11 is 0. The van der Waals surface area contributed by atoms with E-state index in [0.29, 0.717) is 12.1 Å². The van der Waals surface area contributed by atoms with Crippen LogP contribution in [0, 0.1) is 10.1 Å². The van der Waals surface area contributed by atoms with Crippen LogP contribution in [0.1, 0.15) is 17.2 Å². The highest BCUT2D eigenvalue weighted by Gasteiger charge is 2.14. The molecule has 0 bridgehead atoms. The zero-order chi connectivity index (χ0) is 14.4. The Labute approximate surface area is 117 Å². The Morgan fingerprint density at radius 1 is 1.10 bits per heavy atom. The SMILES string of the molecule is O=[N+]([O-])c1ccccc1CN[C@H](CO)c1ccccc1. The molecule has 0 aromatic heterocycles. The predicted octanol–water partition coefficient (Wildman–Crippen LogP) is 2.42. The van der Waals surface area contributed by atoms with E-state index in [4.69, 9.17) is 0 Å². The average Bonchev–Trinajstić information content (AvgIpc) is 2.49. The molecule has 0 saturated heterocycles. The summed E-state index contributed by atoms with van der Waals surface area (Å²) in [7, 11) is 0. The van der Waals surface area contributed by atoms with Gasteiger partial charge in [0.05, 0.1) is 17.6 Å². The normalized spacial score (nSPS) is 12.1. The third-order valence-corrected chi connectivity index (χ3v) is 3.11. The molecule has 0 spiro atoms. The van der Waals surface area contributed by atoms with E-state index in [2.05, 4.69) is 5.32 Å². The minimum absolute atomic E-state index is 0.0648. The summed E-state index contributed by atoms with van der Waals surface area (Å²) in [4.78, 5) is 10.5. The molecule has 2 N–H and O–H groups in total. The van der Waals surface area contributed by atoms with Gasteiger partial charge in [-0.05, 0) is 5.56 Å². The topological polar surface area (TPSA) is 75.4 Å². The smallest absolute Gasteiger partial charge is 0.273 e. The van der Waals surface area contributed by atoms with Gasteiger partial charge < -0.3 is 10.4 Å². The van der Waals surface area contributed by atoms with E-state index in [0.717, 1.165) is 5.56 Å². The second kappa shape index (κ2) is 6.79. The highest BCUT2D eigenvalue weighted by atomic mass is 16.6.